The molecule has 0 aliphatic rings. The molecule has 0 saturated heterocycles. The minimum atomic E-state index is 1.09. The van der Waals surface area contributed by atoms with Crippen LogP contribution in [0.1, 0.15) is 43.7 Å². The smallest absolute Gasteiger partial charge is 0.0542 e. The van der Waals surface area contributed by atoms with Crippen molar-refractivity contribution in [3.63, 3.8) is 0 Å². The van der Waals surface area contributed by atoms with E-state index in [2.05, 4.69) is 155 Å². The molecule has 0 spiro atoms. The fourth-order valence-electron chi connectivity index (χ4n) is 5.69. The van der Waals surface area contributed by atoms with Gasteiger partial charge in [0.2, 0.25) is 0 Å². The van der Waals surface area contributed by atoms with E-state index in [9.17, 15) is 0 Å². The fraction of sp³-hybridized carbons (Fsp3) is 0.189. The summed E-state index contributed by atoms with van der Waals surface area (Å²) in [5.41, 5.74) is 9.74. The minimum absolute atomic E-state index is 1.09. The molecule has 0 atom stereocenters. The number of hydrogen-bond acceptors (Lipinski definition) is 1. The number of benzene rings is 5. The van der Waals surface area contributed by atoms with Gasteiger partial charge in [0.15, 0.2) is 0 Å². The lowest BCUT2D eigenvalue weighted by molar-refractivity contribution is 0.667. The first-order valence-corrected chi connectivity index (χ1v) is 15.2. The second-order valence-corrected chi connectivity index (χ2v) is 11.6. The predicted octanol–water partition coefficient (Wildman–Crippen LogP) is 11.4. The topological polar surface area (TPSA) is 8.17 Å². The van der Waals surface area contributed by atoms with Crippen molar-refractivity contribution in [1.29, 1.82) is 0 Å². The van der Waals surface area contributed by atoms with E-state index >= 15 is 0 Å². The number of unbranched alkanes of at least 4 members (excludes halogenated alkanes) is 3. The van der Waals surface area contributed by atoms with Gasteiger partial charge in [-0.15, -0.1) is 0 Å². The van der Waals surface area contributed by atoms with Gasteiger partial charge >= 0.3 is 0 Å². The van der Waals surface area contributed by atoms with Crippen molar-refractivity contribution in [2.75, 3.05) is 4.90 Å². The average Bonchev–Trinajstić information content (AvgIpc) is 3.30. The maximum Gasteiger partial charge on any atom is 0.0542 e. The molecule has 0 unspecified atom stereocenters. The number of halogens is 1. The number of aryl methyl sites for hydroxylation is 2. The first-order chi connectivity index (χ1) is 19.6. The van der Waals surface area contributed by atoms with Crippen LogP contribution in [0.25, 0.3) is 27.5 Å². The molecule has 0 saturated carbocycles. The third-order valence-electron chi connectivity index (χ3n) is 7.79. The summed E-state index contributed by atoms with van der Waals surface area (Å²) in [5, 5.41) is 2.48. The zero-order valence-electron chi connectivity index (χ0n) is 23.3. The summed E-state index contributed by atoms with van der Waals surface area (Å²) in [6.45, 7) is 4.40. The molecule has 1 aromatic heterocycles. The van der Waals surface area contributed by atoms with E-state index in [0.29, 0.717) is 0 Å². The molecule has 0 radical (unpaired) electrons. The van der Waals surface area contributed by atoms with Gasteiger partial charge in [-0.05, 0) is 98.1 Å². The molecule has 0 fully saturated rings. The third-order valence-corrected chi connectivity index (χ3v) is 8.28. The Labute approximate surface area is 246 Å². The predicted molar refractivity (Wildman–Crippen MR) is 176 cm³/mol. The van der Waals surface area contributed by atoms with E-state index in [1.165, 1.54) is 64.3 Å². The summed E-state index contributed by atoms with van der Waals surface area (Å²) in [6.07, 6.45) is 6.32. The van der Waals surface area contributed by atoms with Crippen LogP contribution >= 0.6 is 15.9 Å². The van der Waals surface area contributed by atoms with Crippen LogP contribution in [0.15, 0.2) is 120 Å². The Morgan fingerprint density at radius 1 is 0.625 bits per heavy atom. The second kappa shape index (κ2) is 11.7. The van der Waals surface area contributed by atoms with Gasteiger partial charge < -0.3 is 9.47 Å². The normalized spacial score (nSPS) is 11.4. The van der Waals surface area contributed by atoms with E-state index in [0.717, 1.165) is 28.0 Å². The average molecular weight is 588 g/mol. The van der Waals surface area contributed by atoms with Crippen LogP contribution in [0.4, 0.5) is 17.1 Å². The van der Waals surface area contributed by atoms with Crippen molar-refractivity contribution in [3.8, 4) is 5.69 Å². The molecule has 0 bridgehead atoms. The molecule has 200 valence electrons. The molecule has 2 nitrogen and oxygen atoms in total. The number of hydrogen-bond donors (Lipinski definition) is 0. The van der Waals surface area contributed by atoms with Gasteiger partial charge in [-0.3, -0.25) is 0 Å². The van der Waals surface area contributed by atoms with Crippen molar-refractivity contribution >= 4 is 54.8 Å². The van der Waals surface area contributed by atoms with Crippen LogP contribution in [-0.4, -0.2) is 4.57 Å². The molecule has 0 aliphatic carbocycles. The highest BCUT2D eigenvalue weighted by Crippen LogP contribution is 2.40. The lowest BCUT2D eigenvalue weighted by Gasteiger charge is -2.25. The SMILES string of the molecule is CCCCCCc1ccc(-n2c3ccc(Br)cc3c3cc(N(c4ccccc4)c4ccc(C)cc4)ccc32)cc1. The van der Waals surface area contributed by atoms with Gasteiger partial charge in [-0.1, -0.05) is 90.1 Å². The fourth-order valence-corrected chi connectivity index (χ4v) is 6.05. The van der Waals surface area contributed by atoms with Gasteiger partial charge in [-0.2, -0.15) is 0 Å². The Kier molecular flexibility index (Phi) is 7.75. The first kappa shape index (κ1) is 26.4. The summed E-state index contributed by atoms with van der Waals surface area (Å²) in [7, 11) is 0. The van der Waals surface area contributed by atoms with E-state index in [-0.39, 0.29) is 0 Å². The molecule has 6 rings (SSSR count). The van der Waals surface area contributed by atoms with Crippen molar-refractivity contribution in [1.82, 2.24) is 4.57 Å². The van der Waals surface area contributed by atoms with Crippen LogP contribution in [0.5, 0.6) is 0 Å². The van der Waals surface area contributed by atoms with E-state index < -0.39 is 0 Å². The van der Waals surface area contributed by atoms with Gasteiger partial charge in [0.25, 0.3) is 0 Å². The maximum atomic E-state index is 3.74. The van der Waals surface area contributed by atoms with Crippen LogP contribution in [0.2, 0.25) is 0 Å². The monoisotopic (exact) mass is 586 g/mol. The van der Waals surface area contributed by atoms with E-state index in [1.807, 2.05) is 0 Å². The van der Waals surface area contributed by atoms with Crippen LogP contribution in [0, 0.1) is 6.92 Å². The maximum absolute atomic E-state index is 3.74. The van der Waals surface area contributed by atoms with Gasteiger partial charge in [0, 0.05) is 38.0 Å². The third kappa shape index (κ3) is 5.31. The molecule has 40 heavy (non-hydrogen) atoms. The van der Waals surface area contributed by atoms with Crippen molar-refractivity contribution < 1.29 is 0 Å². The highest BCUT2D eigenvalue weighted by Gasteiger charge is 2.17. The quantitative estimate of drug-likeness (QED) is 0.153. The lowest BCUT2D eigenvalue weighted by Crippen LogP contribution is -2.09. The summed E-state index contributed by atoms with van der Waals surface area (Å²) in [6, 6.07) is 42.1. The molecule has 6 aromatic rings. The highest BCUT2D eigenvalue weighted by molar-refractivity contribution is 9.10. The molecular formula is C37H35BrN2. The Bertz CT molecular complexity index is 1730. The lowest BCUT2D eigenvalue weighted by atomic mass is 10.1. The minimum Gasteiger partial charge on any atom is -0.310 e. The van der Waals surface area contributed by atoms with Crippen LogP contribution in [0.3, 0.4) is 0 Å². The number of fused-ring (bicyclic) bond motifs is 3. The summed E-state index contributed by atoms with van der Waals surface area (Å²) >= 11 is 3.74. The molecule has 3 heteroatoms. The summed E-state index contributed by atoms with van der Waals surface area (Å²) in [4.78, 5) is 2.34. The Morgan fingerprint density at radius 3 is 2.00 bits per heavy atom. The standard InChI is InChI=1S/C37H35BrN2/c1-3-4-5-7-10-28-15-20-32(21-16-28)40-36-23-17-29(38)25-34(36)35-26-33(22-24-37(35)40)39(30-11-8-6-9-12-30)31-18-13-27(2)14-19-31/h6,8-9,11-26H,3-5,7,10H2,1-2H3. The van der Waals surface area contributed by atoms with E-state index in [4.69, 9.17) is 0 Å². The number of para-hydroxylation sites is 1. The Balaban J connectivity index is 1.47. The molecular weight excluding hydrogens is 552 g/mol. The molecule has 0 N–H and O–H groups in total. The second-order valence-electron chi connectivity index (χ2n) is 10.7. The molecule has 5 aromatic carbocycles. The summed E-state index contributed by atoms with van der Waals surface area (Å²) < 4.78 is 3.49. The first-order valence-electron chi connectivity index (χ1n) is 14.4. The zero-order valence-corrected chi connectivity index (χ0v) is 24.9. The number of aromatic nitrogens is 1. The van der Waals surface area contributed by atoms with Crippen LogP contribution in [-0.2, 0) is 6.42 Å². The molecule has 1 heterocycles. The van der Waals surface area contributed by atoms with Crippen LogP contribution < -0.4 is 4.90 Å². The molecule has 0 aliphatic heterocycles. The summed E-state index contributed by atoms with van der Waals surface area (Å²) in [5.74, 6) is 0. The largest absolute Gasteiger partial charge is 0.310 e. The van der Waals surface area contributed by atoms with Gasteiger partial charge in [0.05, 0.1) is 11.0 Å². The highest BCUT2D eigenvalue weighted by atomic mass is 79.9. The van der Waals surface area contributed by atoms with E-state index in [1.54, 1.807) is 0 Å². The Morgan fingerprint density at radius 2 is 1.27 bits per heavy atom. The number of anilines is 3. The molecule has 0 amide bonds. The van der Waals surface area contributed by atoms with Gasteiger partial charge in [0.1, 0.15) is 0 Å². The van der Waals surface area contributed by atoms with Crippen molar-refractivity contribution in [3.05, 3.63) is 131 Å². The zero-order chi connectivity index (χ0) is 27.5. The van der Waals surface area contributed by atoms with Gasteiger partial charge in [-0.25, -0.2) is 0 Å². The number of nitrogens with zero attached hydrogens (tertiary/aromatic N) is 2. The Hall–Kier alpha value is -3.82. The van der Waals surface area contributed by atoms with Crippen molar-refractivity contribution in [2.45, 2.75) is 46.0 Å². The number of rotatable bonds is 9. The van der Waals surface area contributed by atoms with Crippen molar-refractivity contribution in [2.24, 2.45) is 0 Å².